The molecule has 0 aliphatic heterocycles. The summed E-state index contributed by atoms with van der Waals surface area (Å²) in [6, 6.07) is 2.00. The Morgan fingerprint density at radius 1 is 1.35 bits per heavy atom. The third-order valence-corrected chi connectivity index (χ3v) is 3.00. The monoisotopic (exact) mass is 246 g/mol. The van der Waals surface area contributed by atoms with Gasteiger partial charge >= 0.3 is 0 Å². The first-order valence-electron chi connectivity index (χ1n) is 5.05. The quantitative estimate of drug-likeness (QED) is 0.660. The molecule has 0 aromatic carbocycles. The number of rotatable bonds is 3. The van der Waals surface area contributed by atoms with E-state index in [1.54, 1.807) is 24.6 Å². The number of H-pyrrole nitrogens is 1. The summed E-state index contributed by atoms with van der Waals surface area (Å²) in [6.45, 7) is 0. The molecule has 3 heterocycles. The molecule has 86 valence electrons. The van der Waals surface area contributed by atoms with Gasteiger partial charge in [0.1, 0.15) is 5.82 Å². The SMILES string of the molecule is CNc1nc(Nc2ccsc2)c2cn[nH]c2n1. The van der Waals surface area contributed by atoms with E-state index in [4.69, 9.17) is 0 Å². The van der Waals surface area contributed by atoms with Crippen LogP contribution in [0.4, 0.5) is 17.5 Å². The molecular weight excluding hydrogens is 236 g/mol. The first kappa shape index (κ1) is 10.0. The molecule has 0 aliphatic rings. The van der Waals surface area contributed by atoms with Gasteiger partial charge in [0.25, 0.3) is 0 Å². The molecule has 17 heavy (non-hydrogen) atoms. The highest BCUT2D eigenvalue weighted by atomic mass is 32.1. The highest BCUT2D eigenvalue weighted by molar-refractivity contribution is 7.08. The minimum absolute atomic E-state index is 0.555. The van der Waals surface area contributed by atoms with Crippen LogP contribution in [0.25, 0.3) is 11.0 Å². The lowest BCUT2D eigenvalue weighted by molar-refractivity contribution is 1.09. The molecule has 0 radical (unpaired) electrons. The van der Waals surface area contributed by atoms with Gasteiger partial charge in [0.2, 0.25) is 5.95 Å². The van der Waals surface area contributed by atoms with Crippen molar-refractivity contribution in [1.29, 1.82) is 0 Å². The number of fused-ring (bicyclic) bond motifs is 1. The first-order chi connectivity index (χ1) is 8.36. The van der Waals surface area contributed by atoms with E-state index in [-0.39, 0.29) is 0 Å². The summed E-state index contributed by atoms with van der Waals surface area (Å²) in [4.78, 5) is 8.64. The fraction of sp³-hybridized carbons (Fsp3) is 0.100. The number of anilines is 3. The van der Waals surface area contributed by atoms with Crippen LogP contribution in [0.2, 0.25) is 0 Å². The van der Waals surface area contributed by atoms with E-state index in [0.29, 0.717) is 11.6 Å². The van der Waals surface area contributed by atoms with Gasteiger partial charge in [-0.05, 0) is 11.4 Å². The highest BCUT2D eigenvalue weighted by Crippen LogP contribution is 2.24. The van der Waals surface area contributed by atoms with Crippen LogP contribution < -0.4 is 10.6 Å². The number of hydrogen-bond acceptors (Lipinski definition) is 6. The van der Waals surface area contributed by atoms with Crippen molar-refractivity contribution in [1.82, 2.24) is 20.2 Å². The zero-order valence-electron chi connectivity index (χ0n) is 9.06. The minimum atomic E-state index is 0.555. The van der Waals surface area contributed by atoms with Gasteiger partial charge in [0, 0.05) is 12.4 Å². The number of hydrogen-bond donors (Lipinski definition) is 3. The summed E-state index contributed by atoms with van der Waals surface area (Å²) in [5, 5.41) is 17.9. The molecule has 0 spiro atoms. The molecular formula is C10H10N6S. The number of aromatic nitrogens is 4. The molecule has 0 aliphatic carbocycles. The largest absolute Gasteiger partial charge is 0.357 e. The Morgan fingerprint density at radius 2 is 2.29 bits per heavy atom. The van der Waals surface area contributed by atoms with Gasteiger partial charge in [-0.1, -0.05) is 0 Å². The van der Waals surface area contributed by atoms with Crippen LogP contribution in [0.1, 0.15) is 0 Å². The molecule has 6 nitrogen and oxygen atoms in total. The van der Waals surface area contributed by atoms with Gasteiger partial charge in [-0.15, -0.1) is 0 Å². The van der Waals surface area contributed by atoms with Crippen molar-refractivity contribution >= 4 is 39.8 Å². The second-order valence-electron chi connectivity index (χ2n) is 3.42. The lowest BCUT2D eigenvalue weighted by Crippen LogP contribution is -2.00. The molecule has 3 aromatic heterocycles. The zero-order valence-corrected chi connectivity index (χ0v) is 9.88. The van der Waals surface area contributed by atoms with Gasteiger partial charge < -0.3 is 10.6 Å². The van der Waals surface area contributed by atoms with Crippen molar-refractivity contribution < 1.29 is 0 Å². The summed E-state index contributed by atoms with van der Waals surface area (Å²) >= 11 is 1.63. The normalized spacial score (nSPS) is 10.6. The number of thiophene rings is 1. The smallest absolute Gasteiger partial charge is 0.226 e. The van der Waals surface area contributed by atoms with Crippen molar-refractivity contribution in [3.8, 4) is 0 Å². The van der Waals surface area contributed by atoms with Gasteiger partial charge in [0.15, 0.2) is 5.65 Å². The highest BCUT2D eigenvalue weighted by Gasteiger charge is 2.08. The molecule has 3 rings (SSSR count). The molecule has 3 aromatic rings. The van der Waals surface area contributed by atoms with E-state index < -0.39 is 0 Å². The number of aromatic amines is 1. The Hall–Kier alpha value is -2.15. The Balaban J connectivity index is 2.10. The fourth-order valence-electron chi connectivity index (χ4n) is 1.51. The predicted molar refractivity (Wildman–Crippen MR) is 68.8 cm³/mol. The summed E-state index contributed by atoms with van der Waals surface area (Å²) < 4.78 is 0. The summed E-state index contributed by atoms with van der Waals surface area (Å²) in [5.41, 5.74) is 1.72. The number of nitrogens with one attached hydrogen (secondary N) is 3. The summed E-state index contributed by atoms with van der Waals surface area (Å²) in [7, 11) is 1.78. The van der Waals surface area contributed by atoms with E-state index in [2.05, 4.69) is 30.8 Å². The Morgan fingerprint density at radius 3 is 3.06 bits per heavy atom. The van der Waals surface area contributed by atoms with Crippen LogP contribution in [-0.4, -0.2) is 27.2 Å². The van der Waals surface area contributed by atoms with Gasteiger partial charge in [-0.3, -0.25) is 5.10 Å². The minimum Gasteiger partial charge on any atom is -0.357 e. The Labute approximate surface area is 101 Å². The van der Waals surface area contributed by atoms with Crippen LogP contribution in [-0.2, 0) is 0 Å². The second kappa shape index (κ2) is 4.02. The standard InChI is InChI=1S/C10H10N6S/c1-11-10-14-8(13-6-2-3-17-5-6)7-4-12-16-9(7)15-10/h2-5H,1H3,(H3,11,12,13,14,15,16). The van der Waals surface area contributed by atoms with Gasteiger partial charge in [0.05, 0.1) is 17.3 Å². The van der Waals surface area contributed by atoms with Crippen molar-refractivity contribution in [3.05, 3.63) is 23.0 Å². The van der Waals surface area contributed by atoms with E-state index in [1.165, 1.54) is 0 Å². The maximum atomic E-state index is 4.38. The predicted octanol–water partition coefficient (Wildman–Crippen LogP) is 2.20. The molecule has 0 bridgehead atoms. The van der Waals surface area contributed by atoms with E-state index in [0.717, 1.165) is 16.9 Å². The van der Waals surface area contributed by atoms with Crippen molar-refractivity contribution in [3.63, 3.8) is 0 Å². The molecule has 0 unspecified atom stereocenters. The molecule has 0 atom stereocenters. The van der Waals surface area contributed by atoms with Crippen molar-refractivity contribution in [2.75, 3.05) is 17.7 Å². The Bertz CT molecular complexity index is 629. The average molecular weight is 246 g/mol. The third-order valence-electron chi connectivity index (χ3n) is 2.32. The van der Waals surface area contributed by atoms with Crippen molar-refractivity contribution in [2.24, 2.45) is 0 Å². The average Bonchev–Trinajstić information content (AvgIpc) is 2.98. The third kappa shape index (κ3) is 1.80. The van der Waals surface area contributed by atoms with E-state index in [1.807, 2.05) is 16.8 Å². The summed E-state index contributed by atoms with van der Waals surface area (Å²) in [6.07, 6.45) is 1.71. The zero-order chi connectivity index (χ0) is 11.7. The topological polar surface area (TPSA) is 78.5 Å². The Kier molecular flexibility index (Phi) is 2.37. The van der Waals surface area contributed by atoms with Crippen LogP contribution in [0.3, 0.4) is 0 Å². The van der Waals surface area contributed by atoms with Crippen LogP contribution >= 0.6 is 11.3 Å². The first-order valence-corrected chi connectivity index (χ1v) is 5.99. The van der Waals surface area contributed by atoms with Crippen LogP contribution in [0.15, 0.2) is 23.0 Å². The molecule has 7 heteroatoms. The lowest BCUT2D eigenvalue weighted by Gasteiger charge is -2.06. The summed E-state index contributed by atoms with van der Waals surface area (Å²) in [5.74, 6) is 1.30. The van der Waals surface area contributed by atoms with Crippen molar-refractivity contribution in [2.45, 2.75) is 0 Å². The molecule has 0 amide bonds. The fourth-order valence-corrected chi connectivity index (χ4v) is 2.10. The lowest BCUT2D eigenvalue weighted by atomic mass is 10.4. The van der Waals surface area contributed by atoms with Gasteiger partial charge in [-0.2, -0.15) is 26.4 Å². The van der Waals surface area contributed by atoms with Gasteiger partial charge in [-0.25, -0.2) is 0 Å². The number of nitrogens with zero attached hydrogens (tertiary/aromatic N) is 3. The molecule has 3 N–H and O–H groups in total. The molecule has 0 saturated heterocycles. The van der Waals surface area contributed by atoms with Crippen LogP contribution in [0, 0.1) is 0 Å². The van der Waals surface area contributed by atoms with Crippen LogP contribution in [0.5, 0.6) is 0 Å². The molecule has 0 saturated carbocycles. The maximum absolute atomic E-state index is 4.38. The second-order valence-corrected chi connectivity index (χ2v) is 4.20. The maximum Gasteiger partial charge on any atom is 0.226 e. The molecule has 0 fully saturated rings. The van der Waals surface area contributed by atoms with E-state index in [9.17, 15) is 0 Å². The van der Waals surface area contributed by atoms with E-state index >= 15 is 0 Å².